The lowest BCUT2D eigenvalue weighted by Crippen LogP contribution is -2.52. The Morgan fingerprint density at radius 1 is 0.962 bits per heavy atom. The zero-order valence-corrected chi connectivity index (χ0v) is 30.6. The molecule has 0 spiro atoms. The van der Waals surface area contributed by atoms with Crippen LogP contribution in [0.3, 0.4) is 0 Å². The molecule has 3 aliphatic rings. The molecule has 2 saturated heterocycles. The Balaban J connectivity index is 0.908. The van der Waals surface area contributed by atoms with Crippen molar-refractivity contribution in [2.45, 2.75) is 82.9 Å². The van der Waals surface area contributed by atoms with Gasteiger partial charge >= 0.3 is 6.61 Å². The van der Waals surface area contributed by atoms with Gasteiger partial charge in [-0.3, -0.25) is 29.5 Å². The van der Waals surface area contributed by atoms with Crippen molar-refractivity contribution < 1.29 is 37.4 Å². The molecule has 3 aliphatic heterocycles. The fraction of sp³-hybridized carbons (Fsp3) is 0.447. The first kappa shape index (κ1) is 38.4. The Morgan fingerprint density at radius 2 is 1.70 bits per heavy atom. The summed E-state index contributed by atoms with van der Waals surface area (Å²) >= 11 is 12.2. The van der Waals surface area contributed by atoms with E-state index in [9.17, 15) is 28.0 Å². The Hall–Kier alpha value is -4.33. The summed E-state index contributed by atoms with van der Waals surface area (Å²) in [4.78, 5) is 58.2. The summed E-state index contributed by atoms with van der Waals surface area (Å²) < 4.78 is 36.5. The first-order valence-electron chi connectivity index (χ1n) is 17.9. The lowest BCUT2D eigenvalue weighted by atomic mass is 9.85. The van der Waals surface area contributed by atoms with Crippen LogP contribution in [0.25, 0.3) is 0 Å². The van der Waals surface area contributed by atoms with Gasteiger partial charge in [-0.25, -0.2) is 0 Å². The number of halogens is 4. The highest BCUT2D eigenvalue weighted by molar-refractivity contribution is 6.39. The fourth-order valence-electron chi connectivity index (χ4n) is 7.28. The molecule has 0 bridgehead atoms. The molecule has 15 heteroatoms. The fourth-order valence-corrected chi connectivity index (χ4v) is 7.74. The van der Waals surface area contributed by atoms with Gasteiger partial charge in [0.05, 0.1) is 22.3 Å². The van der Waals surface area contributed by atoms with Gasteiger partial charge in [0, 0.05) is 36.5 Å². The summed E-state index contributed by atoms with van der Waals surface area (Å²) in [5, 5.41) is 5.28. The number of unbranched alkanes of at least 4 members (excludes halogenated alkanes) is 4. The average Bonchev–Trinajstić information content (AvgIpc) is 3.47. The maximum Gasteiger partial charge on any atom is 0.387 e. The molecule has 2 N–H and O–H groups in total. The number of alkyl halides is 2. The number of hydrogen-bond acceptors (Lipinski definition) is 8. The van der Waals surface area contributed by atoms with Gasteiger partial charge in [0.1, 0.15) is 6.04 Å². The molecule has 0 saturated carbocycles. The summed E-state index contributed by atoms with van der Waals surface area (Å²) in [6, 6.07) is 9.22. The number of benzene rings is 2. The van der Waals surface area contributed by atoms with Crippen LogP contribution in [0.2, 0.25) is 10.0 Å². The number of ether oxygens (including phenoxy) is 2. The predicted molar refractivity (Wildman–Crippen MR) is 195 cm³/mol. The lowest BCUT2D eigenvalue weighted by molar-refractivity contribution is -0.136. The summed E-state index contributed by atoms with van der Waals surface area (Å²) in [5.41, 5.74) is 3.20. The Labute approximate surface area is 316 Å². The number of imide groups is 1. The van der Waals surface area contributed by atoms with Crippen LogP contribution in [0.5, 0.6) is 11.5 Å². The Bertz CT molecular complexity index is 1820. The topological polar surface area (TPSA) is 130 Å². The van der Waals surface area contributed by atoms with Gasteiger partial charge < -0.3 is 24.6 Å². The Kier molecular flexibility index (Phi) is 12.8. The zero-order chi connectivity index (χ0) is 37.5. The van der Waals surface area contributed by atoms with Crippen molar-refractivity contribution in [3.8, 4) is 11.5 Å². The SMILES string of the molecule is O=C1CCC(N2Cc3c(cccc3C3CCN(CCCCCCCOc4cc(C(=O)Nc5c(Cl)cncc5Cl)ccc4OC(F)F)CC3)C2=O)C(=O)N1. The highest BCUT2D eigenvalue weighted by atomic mass is 35.5. The smallest absolute Gasteiger partial charge is 0.387 e. The van der Waals surface area contributed by atoms with Crippen LogP contribution >= 0.6 is 23.2 Å². The van der Waals surface area contributed by atoms with E-state index in [2.05, 4.69) is 31.3 Å². The number of fused-ring (bicyclic) bond motifs is 1. The lowest BCUT2D eigenvalue weighted by Gasteiger charge is -2.33. The standard InChI is InChI=1S/C38H41Cl2F2N5O6/c39-28-20-43-21-29(40)34(28)45-35(49)24-9-11-31(53-38(41)42)32(19-24)52-18-5-3-1-2-4-15-46-16-13-23(14-17-46)25-7-6-8-26-27(25)22-47(37(26)51)30-10-12-33(48)44-36(30)50/h6-9,11,19-21,23,30,38H,1-5,10,12-18,22H2,(H,43,45,49)(H,44,48,50). The van der Waals surface area contributed by atoms with E-state index in [1.807, 2.05) is 12.1 Å². The molecule has 2 fully saturated rings. The molecule has 6 rings (SSSR count). The molecule has 0 radical (unpaired) electrons. The molecule has 0 aliphatic carbocycles. The number of rotatable bonds is 15. The maximum atomic E-state index is 13.3. The van der Waals surface area contributed by atoms with Crippen LogP contribution in [0.4, 0.5) is 14.5 Å². The van der Waals surface area contributed by atoms with E-state index in [4.69, 9.17) is 27.9 Å². The molecular weight excluding hydrogens is 731 g/mol. The third-order valence-electron chi connectivity index (χ3n) is 10.0. The molecule has 3 aromatic rings. The van der Waals surface area contributed by atoms with E-state index in [-0.39, 0.29) is 57.6 Å². The van der Waals surface area contributed by atoms with Crippen LogP contribution in [-0.4, -0.2) is 77.3 Å². The molecule has 282 valence electrons. The van der Waals surface area contributed by atoms with Crippen LogP contribution in [0, 0.1) is 0 Å². The maximum absolute atomic E-state index is 13.3. The van der Waals surface area contributed by atoms with Gasteiger partial charge in [-0.2, -0.15) is 8.78 Å². The van der Waals surface area contributed by atoms with E-state index in [1.54, 1.807) is 4.90 Å². The summed E-state index contributed by atoms with van der Waals surface area (Å²) in [6.07, 6.45) is 9.91. The number of nitrogens with one attached hydrogen (secondary N) is 2. The monoisotopic (exact) mass is 771 g/mol. The number of piperidine rings is 2. The number of likely N-dealkylation sites (tertiary alicyclic amines) is 1. The van der Waals surface area contributed by atoms with Crippen molar-refractivity contribution in [1.82, 2.24) is 20.1 Å². The molecule has 4 amide bonds. The molecule has 1 unspecified atom stereocenters. The van der Waals surface area contributed by atoms with Crippen LogP contribution in [0.15, 0.2) is 48.8 Å². The number of amides is 4. The van der Waals surface area contributed by atoms with Crippen molar-refractivity contribution in [2.75, 3.05) is 31.6 Å². The quantitative estimate of drug-likeness (QED) is 0.123. The van der Waals surface area contributed by atoms with Crippen LogP contribution in [-0.2, 0) is 16.1 Å². The summed E-state index contributed by atoms with van der Waals surface area (Å²) in [6.45, 7) is 0.539. The van der Waals surface area contributed by atoms with E-state index < -0.39 is 24.5 Å². The van der Waals surface area contributed by atoms with E-state index in [0.29, 0.717) is 30.9 Å². The molecule has 1 aromatic heterocycles. The number of carbonyl (C=O) groups excluding carboxylic acids is 4. The van der Waals surface area contributed by atoms with Gasteiger partial charge in [-0.05, 0) is 93.0 Å². The number of carbonyl (C=O) groups is 4. The summed E-state index contributed by atoms with van der Waals surface area (Å²) in [5.74, 6) is -1.18. The minimum absolute atomic E-state index is 0.0342. The van der Waals surface area contributed by atoms with E-state index >= 15 is 0 Å². The van der Waals surface area contributed by atoms with Crippen molar-refractivity contribution in [3.63, 3.8) is 0 Å². The first-order valence-corrected chi connectivity index (χ1v) is 18.7. The highest BCUT2D eigenvalue weighted by Gasteiger charge is 2.40. The predicted octanol–water partition coefficient (Wildman–Crippen LogP) is 7.21. The highest BCUT2D eigenvalue weighted by Crippen LogP contribution is 2.37. The Morgan fingerprint density at radius 3 is 2.43 bits per heavy atom. The molecule has 4 heterocycles. The second-order valence-electron chi connectivity index (χ2n) is 13.5. The molecular formula is C38H41Cl2F2N5O6. The third kappa shape index (κ3) is 9.43. The molecule has 1 atom stereocenters. The first-order chi connectivity index (χ1) is 25.6. The van der Waals surface area contributed by atoms with Crippen molar-refractivity contribution in [2.24, 2.45) is 0 Å². The normalized spacial score (nSPS) is 17.9. The van der Waals surface area contributed by atoms with Gasteiger partial charge in [0.2, 0.25) is 11.8 Å². The van der Waals surface area contributed by atoms with Crippen molar-refractivity contribution in [1.29, 1.82) is 0 Å². The van der Waals surface area contributed by atoms with Gasteiger partial charge in [-0.15, -0.1) is 0 Å². The van der Waals surface area contributed by atoms with Crippen molar-refractivity contribution >= 4 is 52.5 Å². The van der Waals surface area contributed by atoms with Gasteiger partial charge in [0.15, 0.2) is 11.5 Å². The van der Waals surface area contributed by atoms with E-state index in [1.165, 1.54) is 36.2 Å². The molecule has 2 aromatic carbocycles. The summed E-state index contributed by atoms with van der Waals surface area (Å²) in [7, 11) is 0. The number of pyridine rings is 1. The van der Waals surface area contributed by atoms with Gasteiger partial charge in [-0.1, -0.05) is 54.6 Å². The van der Waals surface area contributed by atoms with E-state index in [0.717, 1.165) is 63.7 Å². The largest absolute Gasteiger partial charge is 0.490 e. The van der Waals surface area contributed by atoms with Crippen molar-refractivity contribution in [3.05, 3.63) is 81.1 Å². The minimum atomic E-state index is -3.06. The van der Waals surface area contributed by atoms with Gasteiger partial charge in [0.25, 0.3) is 11.8 Å². The minimum Gasteiger partial charge on any atom is -0.490 e. The third-order valence-corrected chi connectivity index (χ3v) is 10.6. The number of nitrogens with zero attached hydrogens (tertiary/aromatic N) is 3. The number of anilines is 1. The second kappa shape index (κ2) is 17.7. The van der Waals surface area contributed by atoms with Crippen LogP contribution < -0.4 is 20.1 Å². The zero-order valence-electron chi connectivity index (χ0n) is 29.1. The average molecular weight is 773 g/mol. The molecule has 11 nitrogen and oxygen atoms in total. The number of hydrogen-bond donors (Lipinski definition) is 2. The second-order valence-corrected chi connectivity index (χ2v) is 14.3. The number of aromatic nitrogens is 1. The van der Waals surface area contributed by atoms with Crippen LogP contribution in [0.1, 0.15) is 95.5 Å². The molecule has 53 heavy (non-hydrogen) atoms.